The molecule has 4 bridgehead atoms. The molecule has 1 aromatic heterocycles. The summed E-state index contributed by atoms with van der Waals surface area (Å²) in [4.78, 5) is 39.1. The normalized spacial score (nSPS) is 24.9. The molecular weight excluding hydrogens is 572 g/mol. The molecule has 8 nitrogen and oxygen atoms in total. The molecule has 1 N–H and O–H groups in total. The number of nitrogens with one attached hydrogen (secondary N) is 1. The first kappa shape index (κ1) is 30.4. The van der Waals surface area contributed by atoms with Crippen molar-refractivity contribution in [1.82, 2.24) is 14.9 Å². The molecule has 0 radical (unpaired) electrons. The molecule has 2 aromatic carbocycles. The summed E-state index contributed by atoms with van der Waals surface area (Å²) in [5.74, 6) is 0.797. The van der Waals surface area contributed by atoms with Crippen LogP contribution >= 0.6 is 11.9 Å². The number of carbonyl (C=O) groups excluding carboxylic acids is 2. The fourth-order valence-corrected chi connectivity index (χ4v) is 8.01. The summed E-state index contributed by atoms with van der Waals surface area (Å²) in [6.07, 6.45) is 4.21. The van der Waals surface area contributed by atoms with Crippen LogP contribution in [-0.2, 0) is 9.53 Å². The summed E-state index contributed by atoms with van der Waals surface area (Å²) >= 11 is 1.38. The van der Waals surface area contributed by atoms with Crippen LogP contribution < -0.4 is 9.46 Å². The lowest BCUT2D eigenvalue weighted by Gasteiger charge is -2.60. The number of fused-ring (bicyclic) bond motifs is 4. The van der Waals surface area contributed by atoms with Gasteiger partial charge in [0.15, 0.2) is 0 Å². The summed E-state index contributed by atoms with van der Waals surface area (Å²) in [5, 5.41) is 0. The van der Waals surface area contributed by atoms with Crippen LogP contribution in [0.25, 0.3) is 11.3 Å². The maximum absolute atomic E-state index is 14.4. The number of aryl methyl sites for hydroxylation is 2. The van der Waals surface area contributed by atoms with Crippen LogP contribution in [0.15, 0.2) is 53.4 Å². The van der Waals surface area contributed by atoms with Gasteiger partial charge >= 0.3 is 5.97 Å². The SMILES string of the molecule is COC(=O)C1CC2(C1)CC(N1C(=O)c3cccc(c3)SNc3nc(cc(-c4c(C)cccc4C)n3)OC[C@H]1CC(C)(C)C)C2. The number of carbonyl (C=O) groups is 2. The number of rotatable bonds is 4. The summed E-state index contributed by atoms with van der Waals surface area (Å²) in [7, 11) is 1.46. The highest BCUT2D eigenvalue weighted by Crippen LogP contribution is 2.60. The highest BCUT2D eigenvalue weighted by atomic mass is 32.2. The topological polar surface area (TPSA) is 93.7 Å². The fourth-order valence-electron chi connectivity index (χ4n) is 7.38. The zero-order chi connectivity index (χ0) is 31.2. The van der Waals surface area contributed by atoms with Gasteiger partial charge in [0.05, 0.1) is 24.8 Å². The van der Waals surface area contributed by atoms with Crippen LogP contribution in [0, 0.1) is 30.6 Å². The lowest BCUT2D eigenvalue weighted by molar-refractivity contribution is -0.163. The van der Waals surface area contributed by atoms with Gasteiger partial charge < -0.3 is 14.4 Å². The third kappa shape index (κ3) is 6.16. The number of hydrogen-bond donors (Lipinski definition) is 1. The lowest BCUT2D eigenvalue weighted by Crippen LogP contribution is -2.62. The Morgan fingerprint density at radius 2 is 1.77 bits per heavy atom. The van der Waals surface area contributed by atoms with Gasteiger partial charge in [0.25, 0.3) is 5.91 Å². The number of methoxy groups -OCH3 is 1. The van der Waals surface area contributed by atoms with E-state index in [0.29, 0.717) is 24.0 Å². The third-order valence-corrected chi connectivity index (χ3v) is 10.1. The van der Waals surface area contributed by atoms with E-state index in [1.807, 2.05) is 30.3 Å². The number of aromatic nitrogens is 2. The minimum atomic E-state index is -0.173. The summed E-state index contributed by atoms with van der Waals surface area (Å²) in [5.41, 5.74) is 4.84. The van der Waals surface area contributed by atoms with Crippen molar-refractivity contribution in [2.45, 2.75) is 83.7 Å². The second-order valence-corrected chi connectivity index (χ2v) is 14.9. The largest absolute Gasteiger partial charge is 0.475 e. The van der Waals surface area contributed by atoms with Crippen molar-refractivity contribution in [3.63, 3.8) is 0 Å². The highest BCUT2D eigenvalue weighted by molar-refractivity contribution is 8.00. The summed E-state index contributed by atoms with van der Waals surface area (Å²) in [6.45, 7) is 11.1. The van der Waals surface area contributed by atoms with Crippen LogP contribution in [0.2, 0.25) is 0 Å². The van der Waals surface area contributed by atoms with Gasteiger partial charge in [-0.2, -0.15) is 4.98 Å². The minimum Gasteiger partial charge on any atom is -0.475 e. The van der Waals surface area contributed by atoms with Gasteiger partial charge in [-0.3, -0.25) is 14.3 Å². The lowest BCUT2D eigenvalue weighted by atomic mass is 9.49. The number of amides is 1. The Bertz CT molecular complexity index is 1550. The molecule has 3 aromatic rings. The number of hydrogen-bond acceptors (Lipinski definition) is 8. The highest BCUT2D eigenvalue weighted by Gasteiger charge is 2.57. The van der Waals surface area contributed by atoms with Gasteiger partial charge in [-0.05, 0) is 98.1 Å². The molecule has 9 heteroatoms. The van der Waals surface area contributed by atoms with E-state index < -0.39 is 0 Å². The van der Waals surface area contributed by atoms with Gasteiger partial charge in [0.2, 0.25) is 11.8 Å². The van der Waals surface area contributed by atoms with Gasteiger partial charge in [-0.15, -0.1) is 0 Å². The smallest absolute Gasteiger partial charge is 0.308 e. The Morgan fingerprint density at radius 3 is 2.45 bits per heavy atom. The zero-order valence-electron chi connectivity index (χ0n) is 26.5. The number of anilines is 1. The fraction of sp³-hybridized carbons (Fsp3) is 0.486. The molecule has 0 saturated heterocycles. The van der Waals surface area contributed by atoms with E-state index in [-0.39, 0.29) is 40.7 Å². The Balaban J connectivity index is 1.37. The van der Waals surface area contributed by atoms with Gasteiger partial charge in [-0.1, -0.05) is 45.0 Å². The van der Waals surface area contributed by atoms with E-state index in [1.54, 1.807) is 0 Å². The van der Waals surface area contributed by atoms with Crippen LogP contribution in [0.3, 0.4) is 0 Å². The third-order valence-electron chi connectivity index (χ3n) is 9.30. The molecule has 6 rings (SSSR count). The van der Waals surface area contributed by atoms with E-state index in [4.69, 9.17) is 19.4 Å². The predicted molar refractivity (Wildman–Crippen MR) is 173 cm³/mol. The molecule has 2 fully saturated rings. The van der Waals surface area contributed by atoms with Crippen molar-refractivity contribution >= 4 is 29.8 Å². The number of ether oxygens (including phenoxy) is 2. The molecule has 1 amide bonds. The number of nitrogens with zero attached hydrogens (tertiary/aromatic N) is 3. The van der Waals surface area contributed by atoms with Crippen molar-refractivity contribution < 1.29 is 19.1 Å². The number of benzene rings is 2. The summed E-state index contributed by atoms with van der Waals surface area (Å²) in [6, 6.07) is 15.8. The first-order valence-electron chi connectivity index (χ1n) is 15.5. The van der Waals surface area contributed by atoms with Crippen molar-refractivity contribution in [3.8, 4) is 17.1 Å². The number of esters is 1. The predicted octanol–water partition coefficient (Wildman–Crippen LogP) is 7.25. The van der Waals surface area contributed by atoms with Crippen LogP contribution in [0.5, 0.6) is 5.88 Å². The Morgan fingerprint density at radius 1 is 1.07 bits per heavy atom. The Kier molecular flexibility index (Phi) is 8.11. The zero-order valence-corrected chi connectivity index (χ0v) is 27.3. The monoisotopic (exact) mass is 614 g/mol. The van der Waals surface area contributed by atoms with Crippen molar-refractivity contribution in [1.29, 1.82) is 0 Å². The van der Waals surface area contributed by atoms with E-state index in [0.717, 1.165) is 59.4 Å². The van der Waals surface area contributed by atoms with Gasteiger partial charge in [0.1, 0.15) is 6.61 Å². The van der Waals surface area contributed by atoms with Crippen LogP contribution in [0.1, 0.15) is 74.4 Å². The second-order valence-electron chi connectivity index (χ2n) is 14.0. The molecule has 1 aliphatic heterocycles. The maximum Gasteiger partial charge on any atom is 0.308 e. The van der Waals surface area contributed by atoms with E-state index in [1.165, 1.54) is 19.1 Å². The van der Waals surface area contributed by atoms with Crippen molar-refractivity contribution in [2.75, 3.05) is 18.4 Å². The quantitative estimate of drug-likeness (QED) is 0.243. The minimum absolute atomic E-state index is 0.0160. The average Bonchev–Trinajstić information content (AvgIpc) is 2.93. The molecule has 2 aliphatic carbocycles. The molecule has 2 heterocycles. The van der Waals surface area contributed by atoms with Gasteiger partial charge in [0, 0.05) is 28.1 Å². The molecule has 2 saturated carbocycles. The molecule has 1 spiro atoms. The average molecular weight is 615 g/mol. The first-order valence-corrected chi connectivity index (χ1v) is 16.3. The maximum atomic E-state index is 14.4. The Hall–Kier alpha value is -3.59. The van der Waals surface area contributed by atoms with E-state index >= 15 is 0 Å². The molecular formula is C35H42N4O4S. The molecule has 1 atom stereocenters. The standard InChI is InChI=1S/C35H42N4O4S/c1-21-9-7-10-22(2)30(21)28-14-29-37-33(36-28)38-44-27-12-8-11-23(13-27)31(40)39(26(20-43-29)17-34(3,4)5)25-18-35(19-25)15-24(16-35)32(41)42-6/h7-14,24-26H,15-20H2,1-6H3,(H,36,37,38)/t24?,25?,26-,35?/m1/s1. The molecule has 0 unspecified atom stereocenters. The molecule has 232 valence electrons. The first-order chi connectivity index (χ1) is 20.9. The van der Waals surface area contributed by atoms with Crippen molar-refractivity contribution in [2.24, 2.45) is 16.7 Å². The van der Waals surface area contributed by atoms with Crippen molar-refractivity contribution in [3.05, 3.63) is 65.2 Å². The summed E-state index contributed by atoms with van der Waals surface area (Å²) < 4.78 is 14.8. The molecule has 44 heavy (non-hydrogen) atoms. The van der Waals surface area contributed by atoms with Gasteiger partial charge in [-0.25, -0.2) is 4.98 Å². The van der Waals surface area contributed by atoms with E-state index in [9.17, 15) is 9.59 Å². The van der Waals surface area contributed by atoms with Crippen LogP contribution in [0.4, 0.5) is 5.95 Å². The van der Waals surface area contributed by atoms with Crippen LogP contribution in [-0.4, -0.2) is 52.5 Å². The second kappa shape index (κ2) is 11.7. The van der Waals surface area contributed by atoms with E-state index in [2.05, 4.69) is 62.4 Å². The molecule has 3 aliphatic rings. The Labute approximate surface area is 264 Å².